The average Bonchev–Trinajstić information content (AvgIpc) is 2.98. The van der Waals surface area contributed by atoms with Gasteiger partial charge in [0.15, 0.2) is 0 Å². The van der Waals surface area contributed by atoms with Crippen LogP contribution in [0.3, 0.4) is 0 Å². The molecule has 0 saturated carbocycles. The van der Waals surface area contributed by atoms with Gasteiger partial charge in [0.1, 0.15) is 23.0 Å². The van der Waals surface area contributed by atoms with Gasteiger partial charge in [-0.3, -0.25) is 18.9 Å². The van der Waals surface area contributed by atoms with Crippen molar-refractivity contribution in [1.82, 2.24) is 24.0 Å². The molecule has 9 heteroatoms. The van der Waals surface area contributed by atoms with Crippen molar-refractivity contribution < 1.29 is 0 Å². The fourth-order valence-corrected chi connectivity index (χ4v) is 5.02. The lowest BCUT2D eigenvalue weighted by Crippen LogP contribution is -2.40. The topological polar surface area (TPSA) is 101 Å². The van der Waals surface area contributed by atoms with E-state index >= 15 is 0 Å². The van der Waals surface area contributed by atoms with Crippen molar-refractivity contribution in [3.05, 3.63) is 68.6 Å². The van der Waals surface area contributed by atoms with Gasteiger partial charge in [-0.1, -0.05) is 24.3 Å². The van der Waals surface area contributed by atoms with Crippen LogP contribution in [0, 0.1) is 11.3 Å². The first-order valence-electron chi connectivity index (χ1n) is 11.6. The number of hydrogen-bond donors (Lipinski definition) is 1. The maximum atomic E-state index is 13.8. The van der Waals surface area contributed by atoms with Gasteiger partial charge < -0.3 is 14.8 Å². The van der Waals surface area contributed by atoms with Crippen molar-refractivity contribution in [2.45, 2.75) is 26.4 Å². The number of aryl methyl sites for hydroxylation is 2. The lowest BCUT2D eigenvalue weighted by atomic mass is 10.1. The Morgan fingerprint density at radius 3 is 2.71 bits per heavy atom. The molecule has 34 heavy (non-hydrogen) atoms. The van der Waals surface area contributed by atoms with Crippen LogP contribution in [0.15, 0.2) is 46.1 Å². The fraction of sp³-hybridized carbons (Fsp3) is 0.360. The van der Waals surface area contributed by atoms with Gasteiger partial charge in [0.25, 0.3) is 5.56 Å². The molecule has 1 fully saturated rings. The van der Waals surface area contributed by atoms with E-state index in [1.807, 2.05) is 41.8 Å². The molecule has 0 bridgehead atoms. The van der Waals surface area contributed by atoms with E-state index in [0.717, 1.165) is 49.2 Å². The molecule has 0 atom stereocenters. The van der Waals surface area contributed by atoms with Gasteiger partial charge in [-0.25, -0.2) is 4.79 Å². The smallest absolute Gasteiger partial charge is 0.331 e. The predicted molar refractivity (Wildman–Crippen MR) is 132 cm³/mol. The van der Waals surface area contributed by atoms with Crippen molar-refractivity contribution >= 4 is 27.6 Å². The molecule has 0 amide bonds. The average molecular weight is 458 g/mol. The molecule has 9 nitrogen and oxygen atoms in total. The molecule has 4 heterocycles. The van der Waals surface area contributed by atoms with Crippen molar-refractivity contribution in [3.63, 3.8) is 0 Å². The molecular formula is C25H27N7O2. The highest BCUT2D eigenvalue weighted by molar-refractivity contribution is 5.90. The van der Waals surface area contributed by atoms with Crippen molar-refractivity contribution in [2.24, 2.45) is 7.05 Å². The number of aromatic nitrogens is 4. The molecule has 1 aliphatic rings. The SMILES string of the molecule is CCn1c(N2CCCNCC2)c(C#N)c2c1c(=O)n(Cc1nccc3ccccc13)c(=O)n2C. The molecule has 4 aromatic rings. The number of rotatable bonds is 4. The van der Waals surface area contributed by atoms with Crippen LogP contribution in [-0.4, -0.2) is 44.9 Å². The second-order valence-corrected chi connectivity index (χ2v) is 8.55. The van der Waals surface area contributed by atoms with Gasteiger partial charge in [0.05, 0.1) is 17.8 Å². The molecule has 3 aromatic heterocycles. The maximum absolute atomic E-state index is 13.8. The number of nitrogens with zero attached hydrogens (tertiary/aromatic N) is 6. The second kappa shape index (κ2) is 8.80. The van der Waals surface area contributed by atoms with Gasteiger partial charge in [0.2, 0.25) is 0 Å². The normalized spacial score (nSPS) is 14.4. The Kier molecular flexibility index (Phi) is 5.67. The van der Waals surface area contributed by atoms with E-state index in [2.05, 4.69) is 21.3 Å². The van der Waals surface area contributed by atoms with Crippen LogP contribution in [-0.2, 0) is 20.1 Å². The van der Waals surface area contributed by atoms with Crippen LogP contribution >= 0.6 is 0 Å². The molecule has 0 unspecified atom stereocenters. The highest BCUT2D eigenvalue weighted by Crippen LogP contribution is 2.30. The Morgan fingerprint density at radius 1 is 1.09 bits per heavy atom. The number of fused-ring (bicyclic) bond motifs is 2. The van der Waals surface area contributed by atoms with Crippen LogP contribution in [0.5, 0.6) is 0 Å². The predicted octanol–water partition coefficient (Wildman–Crippen LogP) is 1.79. The van der Waals surface area contributed by atoms with Crippen LogP contribution in [0.4, 0.5) is 5.82 Å². The van der Waals surface area contributed by atoms with Gasteiger partial charge in [-0.05, 0) is 31.3 Å². The minimum Gasteiger partial charge on any atom is -0.356 e. The summed E-state index contributed by atoms with van der Waals surface area (Å²) in [5.41, 5.74) is 0.963. The maximum Gasteiger partial charge on any atom is 0.331 e. The molecule has 0 aliphatic carbocycles. The summed E-state index contributed by atoms with van der Waals surface area (Å²) in [6, 6.07) is 12.0. The monoisotopic (exact) mass is 457 g/mol. The number of anilines is 1. The zero-order valence-corrected chi connectivity index (χ0v) is 19.4. The van der Waals surface area contributed by atoms with Crippen molar-refractivity contribution in [2.75, 3.05) is 31.1 Å². The lowest BCUT2D eigenvalue weighted by molar-refractivity contribution is 0.645. The van der Waals surface area contributed by atoms with Gasteiger partial charge in [-0.15, -0.1) is 0 Å². The van der Waals surface area contributed by atoms with E-state index in [-0.39, 0.29) is 6.54 Å². The van der Waals surface area contributed by atoms with E-state index in [1.54, 1.807) is 13.2 Å². The Morgan fingerprint density at radius 2 is 1.91 bits per heavy atom. The minimum atomic E-state index is -0.457. The van der Waals surface area contributed by atoms with Gasteiger partial charge in [-0.2, -0.15) is 5.26 Å². The Bertz CT molecular complexity index is 1540. The molecular weight excluding hydrogens is 430 g/mol. The minimum absolute atomic E-state index is 0.0581. The van der Waals surface area contributed by atoms with Crippen LogP contribution in [0.2, 0.25) is 0 Å². The first kappa shape index (κ1) is 21.9. The van der Waals surface area contributed by atoms with E-state index in [0.29, 0.717) is 28.8 Å². The molecule has 1 saturated heterocycles. The molecule has 5 rings (SSSR count). The first-order chi connectivity index (χ1) is 16.6. The Balaban J connectivity index is 1.77. The number of pyridine rings is 1. The summed E-state index contributed by atoms with van der Waals surface area (Å²) in [4.78, 5) is 33.9. The van der Waals surface area contributed by atoms with Gasteiger partial charge >= 0.3 is 5.69 Å². The summed E-state index contributed by atoms with van der Waals surface area (Å²) in [5.74, 6) is 0.719. The summed E-state index contributed by atoms with van der Waals surface area (Å²) >= 11 is 0. The van der Waals surface area contributed by atoms with Gasteiger partial charge in [0, 0.05) is 44.8 Å². The largest absolute Gasteiger partial charge is 0.356 e. The van der Waals surface area contributed by atoms with E-state index in [9.17, 15) is 14.9 Å². The number of benzene rings is 1. The zero-order chi connectivity index (χ0) is 23.8. The zero-order valence-electron chi connectivity index (χ0n) is 19.4. The van der Waals surface area contributed by atoms with E-state index in [4.69, 9.17) is 0 Å². The second-order valence-electron chi connectivity index (χ2n) is 8.55. The summed E-state index contributed by atoms with van der Waals surface area (Å²) < 4.78 is 4.57. The quantitative estimate of drug-likeness (QED) is 0.502. The summed E-state index contributed by atoms with van der Waals surface area (Å²) in [5, 5.41) is 15.4. The van der Waals surface area contributed by atoms with E-state index in [1.165, 1.54) is 9.13 Å². The molecule has 174 valence electrons. The Labute approximate surface area is 196 Å². The third-order valence-corrected chi connectivity index (χ3v) is 6.64. The lowest BCUT2D eigenvalue weighted by Gasteiger charge is -2.24. The molecule has 1 aliphatic heterocycles. The van der Waals surface area contributed by atoms with Crippen molar-refractivity contribution in [3.8, 4) is 6.07 Å². The van der Waals surface area contributed by atoms with Crippen molar-refractivity contribution in [1.29, 1.82) is 5.26 Å². The molecule has 1 N–H and O–H groups in total. The van der Waals surface area contributed by atoms with Crippen LogP contribution < -0.4 is 21.5 Å². The molecule has 1 aromatic carbocycles. The highest BCUT2D eigenvalue weighted by Gasteiger charge is 2.27. The summed E-state index contributed by atoms with van der Waals surface area (Å²) in [7, 11) is 1.63. The first-order valence-corrected chi connectivity index (χ1v) is 11.6. The summed E-state index contributed by atoms with van der Waals surface area (Å²) in [6.07, 6.45) is 2.63. The summed E-state index contributed by atoms with van der Waals surface area (Å²) in [6.45, 7) is 5.74. The third kappa shape index (κ3) is 3.38. The highest BCUT2D eigenvalue weighted by atomic mass is 16.2. The number of hydrogen-bond acceptors (Lipinski definition) is 6. The van der Waals surface area contributed by atoms with Crippen LogP contribution in [0.1, 0.15) is 24.6 Å². The molecule has 0 spiro atoms. The van der Waals surface area contributed by atoms with Crippen LogP contribution in [0.25, 0.3) is 21.8 Å². The number of nitriles is 1. The van der Waals surface area contributed by atoms with E-state index < -0.39 is 11.2 Å². The fourth-order valence-electron chi connectivity index (χ4n) is 5.02. The third-order valence-electron chi connectivity index (χ3n) is 6.64. The standard InChI is InChI=1S/C25H27N7O2/c1-3-31-22-21(19(15-26)23(31)30-13-6-10-27-12-14-30)29(2)25(34)32(24(22)33)16-20-18-8-5-4-7-17(18)9-11-28-20/h4-5,7-9,11,27H,3,6,10,12-14,16H2,1-2H3. The Hall–Kier alpha value is -3.90. The molecule has 0 radical (unpaired) electrons. The number of nitrogens with one attached hydrogen (secondary N) is 1.